The highest BCUT2D eigenvalue weighted by atomic mass is 127. The van der Waals surface area contributed by atoms with Crippen molar-refractivity contribution in [1.29, 1.82) is 0 Å². The summed E-state index contributed by atoms with van der Waals surface area (Å²) < 4.78 is 1.82. The van der Waals surface area contributed by atoms with E-state index in [1.807, 2.05) is 22.6 Å². The van der Waals surface area contributed by atoms with Gasteiger partial charge in [-0.25, -0.2) is 4.98 Å². The van der Waals surface area contributed by atoms with Gasteiger partial charge in [0.15, 0.2) is 0 Å². The molecule has 0 bridgehead atoms. The monoisotopic (exact) mass is 335 g/mol. The lowest BCUT2D eigenvalue weighted by Gasteiger charge is -2.06. The summed E-state index contributed by atoms with van der Waals surface area (Å²) in [6.07, 6.45) is 4.84. The van der Waals surface area contributed by atoms with Gasteiger partial charge in [0.25, 0.3) is 5.56 Å². The maximum absolute atomic E-state index is 11.6. The fourth-order valence-corrected chi connectivity index (χ4v) is 1.62. The second-order valence-electron chi connectivity index (χ2n) is 3.38. The molecular formula is C10H14IN3O2. The van der Waals surface area contributed by atoms with Crippen LogP contribution in [0.4, 0.5) is 0 Å². The van der Waals surface area contributed by atoms with E-state index in [2.05, 4.69) is 17.2 Å². The molecule has 1 heterocycles. The Hall–Kier alpha value is -0.920. The smallest absolute Gasteiger partial charge is 0.267 e. The Balaban J connectivity index is 2.56. The molecule has 0 aromatic carbocycles. The zero-order valence-corrected chi connectivity index (χ0v) is 11.2. The van der Waals surface area contributed by atoms with Crippen LogP contribution >= 0.6 is 22.6 Å². The van der Waals surface area contributed by atoms with Gasteiger partial charge in [0.2, 0.25) is 5.91 Å². The Morgan fingerprint density at radius 1 is 1.62 bits per heavy atom. The van der Waals surface area contributed by atoms with Gasteiger partial charge in [-0.05, 0) is 29.0 Å². The molecular weight excluding hydrogens is 321 g/mol. The number of unbranched alkanes of at least 4 members (excludes halogenated alkanes) is 1. The van der Waals surface area contributed by atoms with Gasteiger partial charge in [0.05, 0.1) is 9.90 Å². The van der Waals surface area contributed by atoms with Gasteiger partial charge in [0.1, 0.15) is 6.54 Å². The maximum atomic E-state index is 11.6. The molecule has 0 aliphatic carbocycles. The van der Waals surface area contributed by atoms with Crippen LogP contribution in [-0.2, 0) is 11.3 Å². The highest BCUT2D eigenvalue weighted by Crippen LogP contribution is 1.93. The average molecular weight is 335 g/mol. The minimum Gasteiger partial charge on any atom is -0.355 e. The van der Waals surface area contributed by atoms with E-state index in [0.717, 1.165) is 12.8 Å². The Bertz CT molecular complexity index is 417. The second-order valence-corrected chi connectivity index (χ2v) is 4.54. The number of hydrogen-bond acceptors (Lipinski definition) is 3. The summed E-state index contributed by atoms with van der Waals surface area (Å²) in [5, 5.41) is 2.75. The van der Waals surface area contributed by atoms with Crippen LogP contribution in [0.3, 0.4) is 0 Å². The van der Waals surface area contributed by atoms with Crippen molar-refractivity contribution in [1.82, 2.24) is 14.9 Å². The van der Waals surface area contributed by atoms with Crippen molar-refractivity contribution in [3.63, 3.8) is 0 Å². The molecule has 1 N–H and O–H groups in total. The highest BCUT2D eigenvalue weighted by Gasteiger charge is 2.05. The predicted octanol–water partition coefficient (Wildman–Crippen LogP) is 0.764. The lowest BCUT2D eigenvalue weighted by Crippen LogP contribution is -2.33. The molecule has 6 heteroatoms. The van der Waals surface area contributed by atoms with Crippen molar-refractivity contribution >= 4 is 28.5 Å². The van der Waals surface area contributed by atoms with E-state index in [1.54, 1.807) is 0 Å². The summed E-state index contributed by atoms with van der Waals surface area (Å²) in [4.78, 5) is 26.9. The van der Waals surface area contributed by atoms with E-state index >= 15 is 0 Å². The van der Waals surface area contributed by atoms with E-state index in [9.17, 15) is 9.59 Å². The molecule has 0 fully saturated rings. The zero-order chi connectivity index (χ0) is 12.0. The average Bonchev–Trinajstić information content (AvgIpc) is 2.25. The third-order valence-corrected chi connectivity index (χ3v) is 2.77. The van der Waals surface area contributed by atoms with Crippen LogP contribution in [0.25, 0.3) is 0 Å². The van der Waals surface area contributed by atoms with E-state index in [-0.39, 0.29) is 18.0 Å². The normalized spacial score (nSPS) is 10.1. The van der Waals surface area contributed by atoms with Crippen LogP contribution in [0.1, 0.15) is 19.8 Å². The van der Waals surface area contributed by atoms with Gasteiger partial charge in [-0.3, -0.25) is 14.2 Å². The molecule has 0 saturated carbocycles. The van der Waals surface area contributed by atoms with Gasteiger partial charge in [-0.15, -0.1) is 0 Å². The highest BCUT2D eigenvalue weighted by molar-refractivity contribution is 14.1. The first-order valence-electron chi connectivity index (χ1n) is 5.11. The van der Waals surface area contributed by atoms with Crippen molar-refractivity contribution in [2.45, 2.75) is 26.3 Å². The number of carbonyl (C=O) groups excluding carboxylic acids is 1. The van der Waals surface area contributed by atoms with Gasteiger partial charge >= 0.3 is 0 Å². The summed E-state index contributed by atoms with van der Waals surface area (Å²) in [5.41, 5.74) is -0.179. The van der Waals surface area contributed by atoms with E-state index in [4.69, 9.17) is 0 Å². The molecule has 0 spiro atoms. The van der Waals surface area contributed by atoms with Crippen LogP contribution in [0.15, 0.2) is 17.3 Å². The van der Waals surface area contributed by atoms with E-state index in [1.165, 1.54) is 17.1 Å². The van der Waals surface area contributed by atoms with Crippen molar-refractivity contribution < 1.29 is 4.79 Å². The van der Waals surface area contributed by atoms with Crippen LogP contribution in [0.2, 0.25) is 0 Å². The summed E-state index contributed by atoms with van der Waals surface area (Å²) >= 11 is 1.90. The largest absolute Gasteiger partial charge is 0.355 e. The Morgan fingerprint density at radius 3 is 3.06 bits per heavy atom. The lowest BCUT2D eigenvalue weighted by atomic mass is 10.3. The van der Waals surface area contributed by atoms with Crippen molar-refractivity contribution in [3.05, 3.63) is 26.4 Å². The van der Waals surface area contributed by atoms with E-state index in [0.29, 0.717) is 10.1 Å². The molecule has 16 heavy (non-hydrogen) atoms. The molecule has 88 valence electrons. The quantitative estimate of drug-likeness (QED) is 0.638. The molecule has 0 atom stereocenters. The first-order valence-corrected chi connectivity index (χ1v) is 6.19. The number of amides is 1. The SMILES string of the molecule is CCCCNC(=O)Cn1cncc(I)c1=O. The lowest BCUT2D eigenvalue weighted by molar-refractivity contribution is -0.121. The van der Waals surface area contributed by atoms with Gasteiger partial charge < -0.3 is 5.32 Å². The number of halogens is 1. The number of rotatable bonds is 5. The third kappa shape index (κ3) is 3.92. The van der Waals surface area contributed by atoms with Crippen molar-refractivity contribution in [2.24, 2.45) is 0 Å². The summed E-state index contributed by atoms with van der Waals surface area (Å²) in [6, 6.07) is 0. The first kappa shape index (κ1) is 13.1. The fourth-order valence-electron chi connectivity index (χ4n) is 1.15. The predicted molar refractivity (Wildman–Crippen MR) is 69.1 cm³/mol. The molecule has 1 aromatic rings. The van der Waals surface area contributed by atoms with Crippen LogP contribution in [0.5, 0.6) is 0 Å². The standard InChI is InChI=1S/C10H14IN3O2/c1-2-3-4-13-9(15)6-14-7-12-5-8(11)10(14)16/h5,7H,2-4,6H2,1H3,(H,13,15). The topological polar surface area (TPSA) is 64.0 Å². The number of hydrogen-bond donors (Lipinski definition) is 1. The van der Waals surface area contributed by atoms with Gasteiger partial charge in [-0.1, -0.05) is 13.3 Å². The van der Waals surface area contributed by atoms with Gasteiger partial charge in [0, 0.05) is 12.7 Å². The Morgan fingerprint density at radius 2 is 2.38 bits per heavy atom. The summed E-state index contributed by atoms with van der Waals surface area (Å²) in [7, 11) is 0. The minimum atomic E-state index is -0.179. The maximum Gasteiger partial charge on any atom is 0.267 e. The summed E-state index contributed by atoms with van der Waals surface area (Å²) in [6.45, 7) is 2.74. The first-order chi connectivity index (χ1) is 7.65. The molecule has 0 aliphatic rings. The molecule has 1 aromatic heterocycles. The number of nitrogens with one attached hydrogen (secondary N) is 1. The molecule has 0 aliphatic heterocycles. The van der Waals surface area contributed by atoms with Crippen LogP contribution in [0, 0.1) is 3.57 Å². The Labute approximate surface area is 107 Å². The number of aromatic nitrogens is 2. The molecule has 1 amide bonds. The van der Waals surface area contributed by atoms with Gasteiger partial charge in [-0.2, -0.15) is 0 Å². The molecule has 1 rings (SSSR count). The second kappa shape index (κ2) is 6.62. The zero-order valence-electron chi connectivity index (χ0n) is 9.07. The van der Waals surface area contributed by atoms with Crippen molar-refractivity contribution in [2.75, 3.05) is 6.54 Å². The molecule has 0 saturated heterocycles. The van der Waals surface area contributed by atoms with Crippen LogP contribution < -0.4 is 10.9 Å². The van der Waals surface area contributed by atoms with Crippen LogP contribution in [-0.4, -0.2) is 22.0 Å². The summed E-state index contributed by atoms with van der Waals surface area (Å²) in [5.74, 6) is -0.153. The minimum absolute atomic E-state index is 0.0341. The fraction of sp³-hybridized carbons (Fsp3) is 0.500. The molecule has 0 unspecified atom stereocenters. The Kier molecular flexibility index (Phi) is 5.44. The van der Waals surface area contributed by atoms with E-state index < -0.39 is 0 Å². The molecule has 5 nitrogen and oxygen atoms in total. The number of carbonyl (C=O) groups is 1. The third-order valence-electron chi connectivity index (χ3n) is 2.03. The number of nitrogens with zero attached hydrogens (tertiary/aromatic N) is 2. The van der Waals surface area contributed by atoms with Crippen molar-refractivity contribution in [3.8, 4) is 0 Å². The molecule has 0 radical (unpaired) electrons.